The minimum absolute atomic E-state index is 0.368. The van der Waals surface area contributed by atoms with E-state index in [1.807, 2.05) is 0 Å². The molecule has 0 aliphatic carbocycles. The van der Waals surface area contributed by atoms with Crippen LogP contribution in [0.4, 0.5) is 22.0 Å². The zero-order valence-electron chi connectivity index (χ0n) is 9.46. The van der Waals surface area contributed by atoms with E-state index in [1.54, 1.807) is 0 Å². The highest BCUT2D eigenvalue weighted by atomic mass is 19.4. The number of nitrogens with zero attached hydrogens (tertiary/aromatic N) is 1. The molecule has 0 radical (unpaired) electrons. The smallest absolute Gasteiger partial charge is 0.420 e. The van der Waals surface area contributed by atoms with Crippen LogP contribution in [0.3, 0.4) is 0 Å². The largest absolute Gasteiger partial charge is 0.506 e. The Labute approximate surface area is 103 Å². The summed E-state index contributed by atoms with van der Waals surface area (Å²) in [5.41, 5.74) is -4.19. The first-order valence-electron chi connectivity index (χ1n) is 4.81. The number of methoxy groups -OCH3 is 1. The van der Waals surface area contributed by atoms with Crippen molar-refractivity contribution in [1.82, 2.24) is 4.98 Å². The number of carbonyl (C=O) groups is 1. The highest BCUT2D eigenvalue weighted by Gasteiger charge is 2.41. The fraction of sp³-hybridized carbons (Fsp3) is 0.400. The van der Waals surface area contributed by atoms with Crippen molar-refractivity contribution >= 4 is 5.97 Å². The first kappa shape index (κ1) is 15.1. The molecule has 19 heavy (non-hydrogen) atoms. The lowest BCUT2D eigenvalue weighted by Gasteiger charge is -2.16. The van der Waals surface area contributed by atoms with Gasteiger partial charge in [-0.25, -0.2) is 8.78 Å². The molecule has 106 valence electrons. The van der Waals surface area contributed by atoms with Gasteiger partial charge in [0.1, 0.15) is 11.3 Å². The number of ether oxygens (including phenoxy) is 1. The molecule has 9 heteroatoms. The molecule has 0 amide bonds. The van der Waals surface area contributed by atoms with Crippen molar-refractivity contribution < 1.29 is 36.6 Å². The van der Waals surface area contributed by atoms with Crippen LogP contribution in [0.2, 0.25) is 0 Å². The Kier molecular flexibility index (Phi) is 4.28. The van der Waals surface area contributed by atoms with Crippen molar-refractivity contribution in [3.8, 4) is 5.75 Å². The van der Waals surface area contributed by atoms with Gasteiger partial charge < -0.3 is 9.84 Å². The number of halogens is 5. The number of aromatic hydroxyl groups is 1. The first-order chi connectivity index (χ1) is 8.68. The second-order valence-corrected chi connectivity index (χ2v) is 3.43. The molecular formula is C10H8F5NO3. The van der Waals surface area contributed by atoms with Crippen LogP contribution in [0.5, 0.6) is 5.75 Å². The third-order valence-electron chi connectivity index (χ3n) is 2.22. The predicted octanol–water partition coefficient (Wildman–Crippen LogP) is 2.46. The Balaban J connectivity index is 3.46. The molecule has 0 unspecified atom stereocenters. The van der Waals surface area contributed by atoms with E-state index in [-0.39, 0.29) is 0 Å². The van der Waals surface area contributed by atoms with E-state index in [1.165, 1.54) is 0 Å². The van der Waals surface area contributed by atoms with Gasteiger partial charge in [-0.3, -0.25) is 9.78 Å². The van der Waals surface area contributed by atoms with Gasteiger partial charge in [-0.1, -0.05) is 0 Å². The fourth-order valence-corrected chi connectivity index (χ4v) is 1.44. The lowest BCUT2D eigenvalue weighted by Crippen LogP contribution is -2.16. The Hall–Kier alpha value is -1.93. The standard InChI is InChI=1S/C10H8F5NO3/c1-19-6(18)2-4-7(9(11)12)8(10(13,14)15)5(17)3-16-4/h3,9,17H,2H2,1H3. The van der Waals surface area contributed by atoms with E-state index in [0.29, 0.717) is 6.20 Å². The Morgan fingerprint density at radius 3 is 2.47 bits per heavy atom. The number of rotatable bonds is 3. The summed E-state index contributed by atoms with van der Waals surface area (Å²) in [6.07, 6.45) is -9.22. The summed E-state index contributed by atoms with van der Waals surface area (Å²) in [7, 11) is 0.954. The molecule has 1 N–H and O–H groups in total. The van der Waals surface area contributed by atoms with E-state index in [2.05, 4.69) is 9.72 Å². The third kappa shape index (κ3) is 3.30. The minimum atomic E-state index is -5.19. The lowest BCUT2D eigenvalue weighted by atomic mass is 10.0. The normalized spacial score (nSPS) is 11.7. The summed E-state index contributed by atoms with van der Waals surface area (Å²) in [5, 5.41) is 9.06. The van der Waals surface area contributed by atoms with Crippen LogP contribution in [0.15, 0.2) is 6.20 Å². The monoisotopic (exact) mass is 285 g/mol. The van der Waals surface area contributed by atoms with Gasteiger partial charge in [-0.05, 0) is 0 Å². The van der Waals surface area contributed by atoms with Gasteiger partial charge in [0.2, 0.25) is 0 Å². The molecule has 1 aromatic rings. The average molecular weight is 285 g/mol. The molecule has 0 saturated carbocycles. The fourth-order valence-electron chi connectivity index (χ4n) is 1.44. The summed E-state index contributed by atoms with van der Waals surface area (Å²) >= 11 is 0. The van der Waals surface area contributed by atoms with Crippen LogP contribution in [0, 0.1) is 0 Å². The molecule has 0 fully saturated rings. The minimum Gasteiger partial charge on any atom is -0.506 e. The third-order valence-corrected chi connectivity index (χ3v) is 2.22. The van der Waals surface area contributed by atoms with Crippen molar-refractivity contribution in [3.63, 3.8) is 0 Å². The van der Waals surface area contributed by atoms with Crippen LogP contribution in [0.1, 0.15) is 23.2 Å². The number of carbonyl (C=O) groups excluding carboxylic acids is 1. The highest BCUT2D eigenvalue weighted by molar-refractivity contribution is 5.72. The topological polar surface area (TPSA) is 59.4 Å². The summed E-state index contributed by atoms with van der Waals surface area (Å²) in [6, 6.07) is 0. The quantitative estimate of drug-likeness (QED) is 0.684. The molecule has 0 aliphatic heterocycles. The van der Waals surface area contributed by atoms with Crippen molar-refractivity contribution in [1.29, 1.82) is 0 Å². The Bertz CT molecular complexity index is 487. The van der Waals surface area contributed by atoms with E-state index in [9.17, 15) is 26.7 Å². The molecule has 0 bridgehead atoms. The molecule has 0 aromatic carbocycles. The number of hydrogen-bond acceptors (Lipinski definition) is 4. The molecule has 0 spiro atoms. The van der Waals surface area contributed by atoms with Crippen molar-refractivity contribution in [3.05, 3.63) is 23.0 Å². The molecule has 0 atom stereocenters. The molecule has 0 saturated heterocycles. The number of aromatic nitrogens is 1. The molecule has 4 nitrogen and oxygen atoms in total. The van der Waals surface area contributed by atoms with E-state index in [4.69, 9.17) is 5.11 Å². The van der Waals surface area contributed by atoms with Gasteiger partial charge in [-0.2, -0.15) is 13.2 Å². The average Bonchev–Trinajstić information content (AvgIpc) is 2.28. The van der Waals surface area contributed by atoms with Crippen LogP contribution in [0.25, 0.3) is 0 Å². The maximum absolute atomic E-state index is 12.7. The van der Waals surface area contributed by atoms with Crippen LogP contribution >= 0.6 is 0 Å². The van der Waals surface area contributed by atoms with Gasteiger partial charge >= 0.3 is 12.1 Å². The molecular weight excluding hydrogens is 277 g/mol. The van der Waals surface area contributed by atoms with Gasteiger partial charge in [0, 0.05) is 0 Å². The second-order valence-electron chi connectivity index (χ2n) is 3.43. The maximum Gasteiger partial charge on any atom is 0.420 e. The summed E-state index contributed by atoms with van der Waals surface area (Å²) < 4.78 is 67.6. The van der Waals surface area contributed by atoms with Crippen molar-refractivity contribution in [2.75, 3.05) is 7.11 Å². The van der Waals surface area contributed by atoms with E-state index >= 15 is 0 Å². The molecule has 1 aromatic heterocycles. The number of hydrogen-bond donors (Lipinski definition) is 1. The van der Waals surface area contributed by atoms with Crippen LogP contribution in [-0.2, 0) is 22.1 Å². The van der Waals surface area contributed by atoms with Gasteiger partial charge in [-0.15, -0.1) is 0 Å². The number of esters is 1. The Morgan fingerprint density at radius 1 is 1.47 bits per heavy atom. The van der Waals surface area contributed by atoms with E-state index < -0.39 is 47.6 Å². The lowest BCUT2D eigenvalue weighted by molar-refractivity contribution is -0.142. The zero-order valence-corrected chi connectivity index (χ0v) is 9.46. The zero-order chi connectivity index (χ0) is 14.8. The van der Waals surface area contributed by atoms with Gasteiger partial charge in [0.05, 0.1) is 31.0 Å². The number of pyridine rings is 1. The van der Waals surface area contributed by atoms with Crippen molar-refractivity contribution in [2.45, 2.75) is 19.0 Å². The van der Waals surface area contributed by atoms with Gasteiger partial charge in [0.15, 0.2) is 0 Å². The number of alkyl halides is 5. The Morgan fingerprint density at radius 2 is 2.05 bits per heavy atom. The SMILES string of the molecule is COC(=O)Cc1ncc(O)c(C(F)(F)F)c1C(F)F. The molecule has 0 aliphatic rings. The first-order valence-corrected chi connectivity index (χ1v) is 4.81. The second kappa shape index (κ2) is 5.37. The summed E-state index contributed by atoms with van der Waals surface area (Å²) in [4.78, 5) is 14.2. The predicted molar refractivity (Wildman–Crippen MR) is 51.6 cm³/mol. The maximum atomic E-state index is 12.7. The summed E-state index contributed by atoms with van der Waals surface area (Å²) in [5.74, 6) is -2.44. The van der Waals surface area contributed by atoms with Crippen molar-refractivity contribution in [2.24, 2.45) is 0 Å². The van der Waals surface area contributed by atoms with Crippen LogP contribution in [-0.4, -0.2) is 23.2 Å². The summed E-state index contributed by atoms with van der Waals surface area (Å²) in [6.45, 7) is 0. The molecule has 1 rings (SSSR count). The molecule has 1 heterocycles. The highest BCUT2D eigenvalue weighted by Crippen LogP contribution is 2.42. The van der Waals surface area contributed by atoms with Crippen LogP contribution < -0.4 is 0 Å². The van der Waals surface area contributed by atoms with E-state index in [0.717, 1.165) is 7.11 Å². The van der Waals surface area contributed by atoms with Gasteiger partial charge in [0.25, 0.3) is 6.43 Å².